The molecule has 0 saturated carbocycles. The normalized spacial score (nSPS) is 10.0. The van der Waals surface area contributed by atoms with E-state index in [1.807, 2.05) is 6.07 Å². The summed E-state index contributed by atoms with van der Waals surface area (Å²) in [4.78, 5) is 15.4. The molecule has 6 nitrogen and oxygen atoms in total. The van der Waals surface area contributed by atoms with Gasteiger partial charge in [-0.3, -0.25) is 4.79 Å². The summed E-state index contributed by atoms with van der Waals surface area (Å²) in [6.07, 6.45) is 1.63. The molecule has 0 aliphatic rings. The van der Waals surface area contributed by atoms with Crippen molar-refractivity contribution in [3.63, 3.8) is 0 Å². The number of nitrogens with one attached hydrogen (secondary N) is 1. The summed E-state index contributed by atoms with van der Waals surface area (Å²) in [5, 5.41) is 2.71. The first-order valence-corrected chi connectivity index (χ1v) is 5.30. The van der Waals surface area contributed by atoms with Crippen molar-refractivity contribution in [2.75, 3.05) is 26.9 Å². The first-order valence-electron chi connectivity index (χ1n) is 5.30. The number of hydrogen-bond donors (Lipinski definition) is 2. The van der Waals surface area contributed by atoms with E-state index < -0.39 is 0 Å². The van der Waals surface area contributed by atoms with E-state index in [-0.39, 0.29) is 12.5 Å². The smallest absolute Gasteiger partial charge is 0.246 e. The molecule has 1 rings (SSSR count). The second-order valence-electron chi connectivity index (χ2n) is 3.29. The third-order valence-electron chi connectivity index (χ3n) is 2.01. The average Bonchev–Trinajstić information content (AvgIpc) is 2.37. The van der Waals surface area contributed by atoms with Gasteiger partial charge >= 0.3 is 0 Å². The van der Waals surface area contributed by atoms with Crippen LogP contribution in [-0.2, 0) is 16.1 Å². The Morgan fingerprint density at radius 1 is 1.59 bits per heavy atom. The molecule has 0 fully saturated rings. The zero-order chi connectivity index (χ0) is 12.5. The van der Waals surface area contributed by atoms with Crippen LogP contribution in [0.4, 0.5) is 0 Å². The van der Waals surface area contributed by atoms with Crippen LogP contribution in [0.3, 0.4) is 0 Å². The molecule has 1 aromatic heterocycles. The van der Waals surface area contributed by atoms with E-state index in [4.69, 9.17) is 15.2 Å². The average molecular weight is 239 g/mol. The third-order valence-corrected chi connectivity index (χ3v) is 2.01. The number of rotatable bonds is 7. The lowest BCUT2D eigenvalue weighted by molar-refractivity contribution is -0.125. The molecule has 1 heterocycles. The van der Waals surface area contributed by atoms with Gasteiger partial charge < -0.3 is 20.5 Å². The van der Waals surface area contributed by atoms with Crippen LogP contribution in [0.2, 0.25) is 0 Å². The molecular weight excluding hydrogens is 222 g/mol. The molecule has 0 spiro atoms. The van der Waals surface area contributed by atoms with Gasteiger partial charge in [-0.05, 0) is 6.07 Å². The van der Waals surface area contributed by atoms with Crippen molar-refractivity contribution in [3.8, 4) is 5.88 Å². The number of hydrogen-bond acceptors (Lipinski definition) is 5. The maximum absolute atomic E-state index is 11.4. The van der Waals surface area contributed by atoms with Crippen LogP contribution < -0.4 is 15.8 Å². The van der Waals surface area contributed by atoms with Crippen molar-refractivity contribution in [1.29, 1.82) is 0 Å². The highest BCUT2D eigenvalue weighted by Gasteiger charge is 2.05. The van der Waals surface area contributed by atoms with E-state index >= 15 is 0 Å². The largest absolute Gasteiger partial charge is 0.481 e. The highest BCUT2D eigenvalue weighted by molar-refractivity contribution is 5.77. The Morgan fingerprint density at radius 2 is 2.41 bits per heavy atom. The van der Waals surface area contributed by atoms with Crippen molar-refractivity contribution < 1.29 is 14.3 Å². The van der Waals surface area contributed by atoms with E-state index in [0.29, 0.717) is 25.6 Å². The Morgan fingerprint density at radius 3 is 3.12 bits per heavy atom. The number of methoxy groups -OCH3 is 1. The van der Waals surface area contributed by atoms with Gasteiger partial charge in [0, 0.05) is 24.8 Å². The number of pyridine rings is 1. The summed E-state index contributed by atoms with van der Waals surface area (Å²) in [5.41, 5.74) is 6.06. The Bertz CT molecular complexity index is 358. The first kappa shape index (κ1) is 13.4. The highest BCUT2D eigenvalue weighted by atomic mass is 16.5. The summed E-state index contributed by atoms with van der Waals surface area (Å²) in [6.45, 7) is 1.16. The molecule has 0 aliphatic heterocycles. The third kappa shape index (κ3) is 4.80. The maximum atomic E-state index is 11.4. The van der Waals surface area contributed by atoms with Crippen molar-refractivity contribution >= 4 is 5.91 Å². The molecule has 0 aromatic carbocycles. The molecular formula is C11H17N3O3. The number of amides is 1. The molecule has 1 amide bonds. The zero-order valence-corrected chi connectivity index (χ0v) is 9.81. The Balaban J connectivity index is 2.36. The van der Waals surface area contributed by atoms with Crippen molar-refractivity contribution in [2.45, 2.75) is 6.54 Å². The number of nitrogens with two attached hydrogens (primary N) is 1. The van der Waals surface area contributed by atoms with Gasteiger partial charge in [-0.15, -0.1) is 0 Å². The second kappa shape index (κ2) is 7.59. The summed E-state index contributed by atoms with van der Waals surface area (Å²) in [6, 6.07) is 3.63. The fourth-order valence-electron chi connectivity index (χ4n) is 1.24. The molecule has 0 aliphatic carbocycles. The fraction of sp³-hybridized carbons (Fsp3) is 0.455. The molecule has 3 N–H and O–H groups in total. The van der Waals surface area contributed by atoms with Gasteiger partial charge in [0.2, 0.25) is 11.8 Å². The van der Waals surface area contributed by atoms with E-state index in [9.17, 15) is 4.79 Å². The summed E-state index contributed by atoms with van der Waals surface area (Å²) < 4.78 is 10.1. The maximum Gasteiger partial charge on any atom is 0.246 e. The minimum Gasteiger partial charge on any atom is -0.481 e. The van der Waals surface area contributed by atoms with Gasteiger partial charge in [0.15, 0.2) is 0 Å². The lowest BCUT2D eigenvalue weighted by Crippen LogP contribution is -2.28. The van der Waals surface area contributed by atoms with Gasteiger partial charge in [-0.25, -0.2) is 4.98 Å². The van der Waals surface area contributed by atoms with Gasteiger partial charge in [0.05, 0.1) is 13.7 Å². The standard InChI is InChI=1S/C11H17N3O3/c1-16-11-9(3-2-5-13-11)7-14-10(15)8-17-6-4-12/h2-3,5H,4,6-8,12H2,1H3,(H,14,15). The number of nitrogens with zero attached hydrogens (tertiary/aromatic N) is 1. The monoisotopic (exact) mass is 239 g/mol. The van der Waals surface area contributed by atoms with Crippen LogP contribution >= 0.6 is 0 Å². The van der Waals surface area contributed by atoms with Crippen LogP contribution in [-0.4, -0.2) is 37.8 Å². The molecule has 0 saturated heterocycles. The predicted molar refractivity (Wildman–Crippen MR) is 62.5 cm³/mol. The minimum absolute atomic E-state index is 0.0137. The second-order valence-corrected chi connectivity index (χ2v) is 3.29. The van der Waals surface area contributed by atoms with E-state index in [0.717, 1.165) is 5.56 Å². The quantitative estimate of drug-likeness (QED) is 0.637. The Labute approximate surface area is 100 Å². The van der Waals surface area contributed by atoms with Crippen LogP contribution in [0.1, 0.15) is 5.56 Å². The number of carbonyl (C=O) groups is 1. The van der Waals surface area contributed by atoms with Gasteiger partial charge in [0.1, 0.15) is 6.61 Å². The first-order chi connectivity index (χ1) is 8.27. The molecule has 0 radical (unpaired) electrons. The lowest BCUT2D eigenvalue weighted by atomic mass is 10.2. The molecule has 0 atom stereocenters. The Kier molecular flexibility index (Phi) is 5.98. The van der Waals surface area contributed by atoms with Crippen molar-refractivity contribution in [1.82, 2.24) is 10.3 Å². The summed E-state index contributed by atoms with van der Waals surface area (Å²) in [5.74, 6) is 0.319. The van der Waals surface area contributed by atoms with Gasteiger partial charge in [-0.1, -0.05) is 6.07 Å². The lowest BCUT2D eigenvalue weighted by Gasteiger charge is -2.08. The molecule has 0 unspecified atom stereocenters. The topological polar surface area (TPSA) is 86.5 Å². The highest BCUT2D eigenvalue weighted by Crippen LogP contribution is 2.12. The SMILES string of the molecule is COc1ncccc1CNC(=O)COCCN. The number of ether oxygens (including phenoxy) is 2. The van der Waals surface area contributed by atoms with Gasteiger partial charge in [-0.2, -0.15) is 0 Å². The zero-order valence-electron chi connectivity index (χ0n) is 9.81. The van der Waals surface area contributed by atoms with E-state index in [1.165, 1.54) is 7.11 Å². The molecule has 94 valence electrons. The predicted octanol–water partition coefficient (Wildman–Crippen LogP) is -0.318. The van der Waals surface area contributed by atoms with Crippen molar-refractivity contribution in [2.24, 2.45) is 5.73 Å². The van der Waals surface area contributed by atoms with Crippen LogP contribution in [0.25, 0.3) is 0 Å². The Hall–Kier alpha value is -1.66. The van der Waals surface area contributed by atoms with E-state index in [2.05, 4.69) is 10.3 Å². The molecule has 0 bridgehead atoms. The van der Waals surface area contributed by atoms with Crippen LogP contribution in [0.15, 0.2) is 18.3 Å². The molecule has 6 heteroatoms. The van der Waals surface area contributed by atoms with Crippen LogP contribution in [0.5, 0.6) is 5.88 Å². The van der Waals surface area contributed by atoms with E-state index in [1.54, 1.807) is 12.3 Å². The number of carbonyl (C=O) groups excluding carboxylic acids is 1. The summed E-state index contributed by atoms with van der Waals surface area (Å²) >= 11 is 0. The molecule has 17 heavy (non-hydrogen) atoms. The number of aromatic nitrogens is 1. The van der Waals surface area contributed by atoms with Crippen molar-refractivity contribution in [3.05, 3.63) is 23.9 Å². The van der Waals surface area contributed by atoms with Crippen LogP contribution in [0, 0.1) is 0 Å². The fourth-order valence-corrected chi connectivity index (χ4v) is 1.24. The minimum atomic E-state index is -0.190. The summed E-state index contributed by atoms with van der Waals surface area (Å²) in [7, 11) is 1.54. The molecule has 1 aromatic rings. The van der Waals surface area contributed by atoms with Gasteiger partial charge in [0.25, 0.3) is 0 Å².